The number of hydrogen-bond acceptors (Lipinski definition) is 5. The first-order valence-electron chi connectivity index (χ1n) is 10.2. The molecule has 0 saturated heterocycles. The summed E-state index contributed by atoms with van der Waals surface area (Å²) >= 11 is 7.36. The molecule has 32 heavy (non-hydrogen) atoms. The fraction of sp³-hybridized carbons (Fsp3) is 0.160. The zero-order valence-electron chi connectivity index (χ0n) is 17.6. The lowest BCUT2D eigenvalue weighted by Gasteiger charge is -2.24. The minimum absolute atomic E-state index is 0.208. The van der Waals surface area contributed by atoms with Crippen molar-refractivity contribution in [1.82, 2.24) is 4.57 Å². The van der Waals surface area contributed by atoms with E-state index in [-0.39, 0.29) is 12.2 Å². The van der Waals surface area contributed by atoms with Gasteiger partial charge in [0.15, 0.2) is 4.80 Å². The van der Waals surface area contributed by atoms with E-state index in [1.165, 1.54) is 11.3 Å². The van der Waals surface area contributed by atoms with E-state index in [4.69, 9.17) is 16.3 Å². The number of carbonyl (C=O) groups is 1. The fourth-order valence-electron chi connectivity index (χ4n) is 3.58. The topological polar surface area (TPSA) is 60.7 Å². The number of halogens is 1. The van der Waals surface area contributed by atoms with Crippen LogP contribution in [0.5, 0.6) is 0 Å². The van der Waals surface area contributed by atoms with Crippen LogP contribution in [-0.4, -0.2) is 17.1 Å². The number of ether oxygens (including phenoxy) is 1. The Labute approximate surface area is 194 Å². The van der Waals surface area contributed by atoms with Crippen molar-refractivity contribution in [1.29, 1.82) is 0 Å². The zero-order valence-corrected chi connectivity index (χ0v) is 19.2. The van der Waals surface area contributed by atoms with Crippen molar-refractivity contribution in [3.8, 4) is 0 Å². The summed E-state index contributed by atoms with van der Waals surface area (Å²) in [6, 6.07) is 16.3. The van der Waals surface area contributed by atoms with E-state index in [1.807, 2.05) is 54.6 Å². The van der Waals surface area contributed by atoms with Crippen LogP contribution in [-0.2, 0) is 9.53 Å². The summed E-state index contributed by atoms with van der Waals surface area (Å²) < 4.78 is 7.39. The van der Waals surface area contributed by atoms with Crippen molar-refractivity contribution in [2.24, 2.45) is 4.99 Å². The van der Waals surface area contributed by atoms with Crippen LogP contribution >= 0.6 is 22.9 Å². The van der Waals surface area contributed by atoms with Gasteiger partial charge in [0.1, 0.15) is 0 Å². The summed E-state index contributed by atoms with van der Waals surface area (Å²) in [4.78, 5) is 31.3. The Morgan fingerprint density at radius 3 is 2.59 bits per heavy atom. The van der Waals surface area contributed by atoms with Crippen LogP contribution in [0.4, 0.5) is 0 Å². The van der Waals surface area contributed by atoms with Crippen LogP contribution in [0, 0.1) is 0 Å². The van der Waals surface area contributed by atoms with Crippen LogP contribution in [0.2, 0.25) is 5.02 Å². The first-order valence-corrected chi connectivity index (χ1v) is 11.4. The molecule has 0 fully saturated rings. The van der Waals surface area contributed by atoms with Crippen molar-refractivity contribution < 1.29 is 9.53 Å². The molecule has 1 unspecified atom stereocenters. The molecule has 5 nitrogen and oxygen atoms in total. The van der Waals surface area contributed by atoms with E-state index < -0.39 is 12.0 Å². The highest BCUT2D eigenvalue weighted by Gasteiger charge is 2.33. The van der Waals surface area contributed by atoms with Gasteiger partial charge in [0.05, 0.1) is 28.5 Å². The number of allylic oxidation sites excluding steroid dienone is 2. The SMILES string of the molecule is CCOC(=O)C1=C(C)N=c2s/c(=C\C=C\c3ccccc3)c(=O)n2C1c1ccc(Cl)cc1. The molecule has 1 aliphatic heterocycles. The van der Waals surface area contributed by atoms with Crippen LogP contribution in [0.15, 0.2) is 81.7 Å². The molecule has 7 heteroatoms. The largest absolute Gasteiger partial charge is 0.463 e. The third kappa shape index (κ3) is 4.38. The molecule has 0 saturated carbocycles. The third-order valence-electron chi connectivity index (χ3n) is 5.04. The van der Waals surface area contributed by atoms with Gasteiger partial charge in [-0.2, -0.15) is 0 Å². The highest BCUT2D eigenvalue weighted by atomic mass is 35.5. The summed E-state index contributed by atoms with van der Waals surface area (Å²) in [7, 11) is 0. The monoisotopic (exact) mass is 464 g/mol. The molecular weight excluding hydrogens is 444 g/mol. The van der Waals surface area contributed by atoms with Gasteiger partial charge in [-0.25, -0.2) is 9.79 Å². The average Bonchev–Trinajstić information content (AvgIpc) is 3.09. The fourth-order valence-corrected chi connectivity index (χ4v) is 4.70. The van der Waals surface area contributed by atoms with E-state index in [0.717, 1.165) is 11.1 Å². The van der Waals surface area contributed by atoms with Gasteiger partial charge in [0.25, 0.3) is 5.56 Å². The van der Waals surface area contributed by atoms with Crippen LogP contribution in [0.1, 0.15) is 31.0 Å². The average molecular weight is 465 g/mol. The normalized spacial score (nSPS) is 16.2. The molecule has 1 aromatic heterocycles. The highest BCUT2D eigenvalue weighted by Crippen LogP contribution is 2.31. The number of nitrogens with zero attached hydrogens (tertiary/aromatic N) is 2. The van der Waals surface area contributed by atoms with Gasteiger partial charge in [-0.05, 0) is 43.2 Å². The first kappa shape index (κ1) is 22.0. The Hall–Kier alpha value is -3.22. The van der Waals surface area contributed by atoms with Crippen LogP contribution in [0.25, 0.3) is 12.2 Å². The molecule has 1 aliphatic rings. The van der Waals surface area contributed by atoms with E-state index in [0.29, 0.717) is 25.6 Å². The molecule has 2 aromatic carbocycles. The predicted octanol–water partition coefficient (Wildman–Crippen LogP) is 4.12. The number of esters is 1. The minimum Gasteiger partial charge on any atom is -0.463 e. The van der Waals surface area contributed by atoms with E-state index in [9.17, 15) is 9.59 Å². The lowest BCUT2D eigenvalue weighted by Crippen LogP contribution is -2.39. The van der Waals surface area contributed by atoms with Crippen molar-refractivity contribution in [2.45, 2.75) is 19.9 Å². The second-order valence-corrected chi connectivity index (χ2v) is 8.59. The van der Waals surface area contributed by atoms with Gasteiger partial charge < -0.3 is 4.74 Å². The van der Waals surface area contributed by atoms with Crippen molar-refractivity contribution in [2.75, 3.05) is 6.61 Å². The number of rotatable bonds is 5. The van der Waals surface area contributed by atoms with Gasteiger partial charge in [-0.3, -0.25) is 9.36 Å². The van der Waals surface area contributed by atoms with Crippen LogP contribution in [0.3, 0.4) is 0 Å². The molecule has 0 aliphatic carbocycles. The highest BCUT2D eigenvalue weighted by molar-refractivity contribution is 7.07. The Kier molecular flexibility index (Phi) is 6.53. The maximum atomic E-state index is 13.4. The second-order valence-electron chi connectivity index (χ2n) is 7.15. The Balaban J connectivity index is 1.86. The lowest BCUT2D eigenvalue weighted by atomic mass is 9.96. The van der Waals surface area contributed by atoms with Gasteiger partial charge in [0.2, 0.25) is 0 Å². The van der Waals surface area contributed by atoms with E-state index in [1.54, 1.807) is 36.6 Å². The number of hydrogen-bond donors (Lipinski definition) is 0. The third-order valence-corrected chi connectivity index (χ3v) is 6.29. The van der Waals surface area contributed by atoms with Crippen molar-refractivity contribution >= 4 is 41.1 Å². The first-order chi connectivity index (χ1) is 15.5. The van der Waals surface area contributed by atoms with Gasteiger partial charge in [-0.15, -0.1) is 0 Å². The lowest BCUT2D eigenvalue weighted by molar-refractivity contribution is -0.139. The molecule has 0 spiro atoms. The number of aromatic nitrogens is 1. The molecule has 0 N–H and O–H groups in total. The number of thiazole rings is 1. The van der Waals surface area contributed by atoms with Crippen molar-refractivity contribution in [3.63, 3.8) is 0 Å². The summed E-state index contributed by atoms with van der Waals surface area (Å²) in [5, 5.41) is 0.575. The molecule has 1 atom stereocenters. The zero-order chi connectivity index (χ0) is 22.7. The standard InChI is InChI=1S/C25H21ClN2O3S/c1-3-31-24(30)21-16(2)27-25-28(22(21)18-12-14-19(26)15-13-18)23(29)20(32-25)11-7-10-17-8-5-4-6-9-17/h4-15,22H,3H2,1-2H3/b10-7+,20-11-. The number of carbonyl (C=O) groups excluding carboxylic acids is 1. The van der Waals surface area contributed by atoms with Gasteiger partial charge >= 0.3 is 5.97 Å². The van der Waals surface area contributed by atoms with Gasteiger partial charge in [-0.1, -0.05) is 77.6 Å². The van der Waals surface area contributed by atoms with Crippen molar-refractivity contribution in [3.05, 3.63) is 108 Å². The second kappa shape index (κ2) is 9.51. The Morgan fingerprint density at radius 1 is 1.19 bits per heavy atom. The molecule has 2 heterocycles. The Morgan fingerprint density at radius 2 is 1.91 bits per heavy atom. The maximum absolute atomic E-state index is 13.4. The maximum Gasteiger partial charge on any atom is 0.338 e. The summed E-state index contributed by atoms with van der Waals surface area (Å²) in [6.07, 6.45) is 5.56. The molecule has 162 valence electrons. The predicted molar refractivity (Wildman–Crippen MR) is 128 cm³/mol. The number of fused-ring (bicyclic) bond motifs is 1. The molecule has 0 amide bonds. The molecule has 0 radical (unpaired) electrons. The Bertz CT molecular complexity index is 1380. The molecular formula is C25H21ClN2O3S. The summed E-state index contributed by atoms with van der Waals surface area (Å²) in [5.74, 6) is -0.480. The molecule has 4 rings (SSSR count). The summed E-state index contributed by atoms with van der Waals surface area (Å²) in [5.41, 5.74) is 2.49. The molecule has 3 aromatic rings. The quantitative estimate of drug-likeness (QED) is 0.534. The van der Waals surface area contributed by atoms with E-state index in [2.05, 4.69) is 4.99 Å². The smallest absolute Gasteiger partial charge is 0.338 e. The molecule has 0 bridgehead atoms. The summed E-state index contributed by atoms with van der Waals surface area (Å²) in [6.45, 7) is 3.75. The van der Waals surface area contributed by atoms with Gasteiger partial charge in [0, 0.05) is 5.02 Å². The number of benzene rings is 2. The van der Waals surface area contributed by atoms with Crippen LogP contribution < -0.4 is 14.9 Å². The minimum atomic E-state index is -0.636. The van der Waals surface area contributed by atoms with E-state index >= 15 is 0 Å².